The van der Waals surface area contributed by atoms with Gasteiger partial charge in [0.25, 0.3) is 0 Å². The van der Waals surface area contributed by atoms with E-state index < -0.39 is 5.60 Å². The van der Waals surface area contributed by atoms with Crippen molar-refractivity contribution in [2.75, 3.05) is 52.5 Å². The number of nitrogens with zero attached hydrogens (tertiary/aromatic N) is 2. The number of aliphatic hydroxyl groups is 1. The monoisotopic (exact) mass is 242 g/mol. The van der Waals surface area contributed by atoms with Crippen LogP contribution in [0.25, 0.3) is 0 Å². The second-order valence-electron chi connectivity index (χ2n) is 6.12. The van der Waals surface area contributed by atoms with Crippen molar-refractivity contribution in [3.63, 3.8) is 0 Å². The zero-order valence-corrected chi connectivity index (χ0v) is 11.2. The van der Waals surface area contributed by atoms with Gasteiger partial charge in [0.1, 0.15) is 0 Å². The lowest BCUT2D eigenvalue weighted by Crippen LogP contribution is -2.41. The first-order valence-electron chi connectivity index (χ1n) is 6.78. The largest absolute Gasteiger partial charge is 0.389 e. The van der Waals surface area contributed by atoms with Crippen LogP contribution in [0.5, 0.6) is 0 Å². The van der Waals surface area contributed by atoms with Gasteiger partial charge in [-0.1, -0.05) is 0 Å². The molecule has 2 rings (SSSR count). The molecule has 2 heterocycles. The minimum atomic E-state index is -0.562. The Bertz CT molecular complexity index is 234. The Balaban J connectivity index is 1.70. The highest BCUT2D eigenvalue weighted by Crippen LogP contribution is 2.20. The summed E-state index contributed by atoms with van der Waals surface area (Å²) in [7, 11) is 0. The highest BCUT2D eigenvalue weighted by molar-refractivity contribution is 4.82. The fourth-order valence-electron chi connectivity index (χ4n) is 2.90. The standard InChI is InChI=1S/C13H26N2O2/c1-13(2,16)11-15-4-3-12(10-15)9-14-5-7-17-8-6-14/h12,16H,3-11H2,1-2H3. The molecule has 0 aromatic rings. The molecule has 0 aliphatic carbocycles. The Labute approximate surface area is 105 Å². The molecule has 1 atom stereocenters. The molecule has 17 heavy (non-hydrogen) atoms. The van der Waals surface area contributed by atoms with Crippen LogP contribution < -0.4 is 0 Å². The third kappa shape index (κ3) is 4.54. The normalized spacial score (nSPS) is 28.8. The van der Waals surface area contributed by atoms with Gasteiger partial charge in [-0.2, -0.15) is 0 Å². The van der Waals surface area contributed by atoms with Gasteiger partial charge in [-0.25, -0.2) is 0 Å². The summed E-state index contributed by atoms with van der Waals surface area (Å²) in [6.07, 6.45) is 1.27. The molecular formula is C13H26N2O2. The minimum Gasteiger partial charge on any atom is -0.389 e. The zero-order chi connectivity index (χ0) is 12.3. The first-order chi connectivity index (χ1) is 8.03. The number of rotatable bonds is 4. The van der Waals surface area contributed by atoms with E-state index in [9.17, 15) is 5.11 Å². The summed E-state index contributed by atoms with van der Waals surface area (Å²) in [5.41, 5.74) is -0.562. The van der Waals surface area contributed by atoms with Crippen LogP contribution in [0.2, 0.25) is 0 Å². The van der Waals surface area contributed by atoms with Crippen LogP contribution in [-0.2, 0) is 4.74 Å². The number of ether oxygens (including phenoxy) is 1. The van der Waals surface area contributed by atoms with Gasteiger partial charge >= 0.3 is 0 Å². The molecule has 4 nitrogen and oxygen atoms in total. The molecule has 0 aromatic heterocycles. The van der Waals surface area contributed by atoms with Crippen molar-refractivity contribution in [3.05, 3.63) is 0 Å². The maximum absolute atomic E-state index is 9.82. The number of hydrogen-bond donors (Lipinski definition) is 1. The maximum atomic E-state index is 9.82. The Morgan fingerprint density at radius 3 is 2.53 bits per heavy atom. The lowest BCUT2D eigenvalue weighted by molar-refractivity contribution is 0.0278. The molecule has 2 saturated heterocycles. The maximum Gasteiger partial charge on any atom is 0.0718 e. The van der Waals surface area contributed by atoms with Crippen LogP contribution in [-0.4, -0.2) is 73.0 Å². The van der Waals surface area contributed by atoms with E-state index in [1.807, 2.05) is 13.8 Å². The molecule has 0 radical (unpaired) electrons. The number of hydrogen-bond acceptors (Lipinski definition) is 4. The van der Waals surface area contributed by atoms with Crippen LogP contribution in [0.1, 0.15) is 20.3 Å². The predicted molar refractivity (Wildman–Crippen MR) is 68.1 cm³/mol. The highest BCUT2D eigenvalue weighted by Gasteiger charge is 2.28. The molecule has 0 amide bonds. The molecule has 2 aliphatic heterocycles. The number of morpholine rings is 1. The average molecular weight is 242 g/mol. The van der Waals surface area contributed by atoms with E-state index in [0.29, 0.717) is 0 Å². The first-order valence-corrected chi connectivity index (χ1v) is 6.78. The molecule has 0 aromatic carbocycles. The van der Waals surface area contributed by atoms with Crippen LogP contribution >= 0.6 is 0 Å². The van der Waals surface area contributed by atoms with Crippen molar-refractivity contribution in [2.24, 2.45) is 5.92 Å². The Kier molecular flexibility index (Phi) is 4.42. The van der Waals surface area contributed by atoms with Crippen molar-refractivity contribution < 1.29 is 9.84 Å². The quantitative estimate of drug-likeness (QED) is 0.775. The van der Waals surface area contributed by atoms with E-state index in [-0.39, 0.29) is 0 Å². The fraction of sp³-hybridized carbons (Fsp3) is 1.00. The van der Waals surface area contributed by atoms with E-state index in [1.54, 1.807) is 0 Å². The summed E-state index contributed by atoms with van der Waals surface area (Å²) in [5.74, 6) is 0.774. The van der Waals surface area contributed by atoms with Crippen LogP contribution in [0.15, 0.2) is 0 Å². The second kappa shape index (κ2) is 5.65. The van der Waals surface area contributed by atoms with E-state index in [4.69, 9.17) is 4.74 Å². The minimum absolute atomic E-state index is 0.562. The summed E-state index contributed by atoms with van der Waals surface area (Å²) in [6, 6.07) is 0. The van der Waals surface area contributed by atoms with Gasteiger partial charge in [-0.3, -0.25) is 4.90 Å². The fourth-order valence-corrected chi connectivity index (χ4v) is 2.90. The topological polar surface area (TPSA) is 35.9 Å². The molecule has 1 N–H and O–H groups in total. The van der Waals surface area contributed by atoms with Crippen LogP contribution in [0.4, 0.5) is 0 Å². The summed E-state index contributed by atoms with van der Waals surface area (Å²) >= 11 is 0. The average Bonchev–Trinajstić information content (AvgIpc) is 2.64. The van der Waals surface area contributed by atoms with Crippen molar-refractivity contribution in [3.8, 4) is 0 Å². The Morgan fingerprint density at radius 2 is 1.88 bits per heavy atom. The van der Waals surface area contributed by atoms with Gasteiger partial charge in [0.15, 0.2) is 0 Å². The Morgan fingerprint density at radius 1 is 1.18 bits per heavy atom. The highest BCUT2D eigenvalue weighted by atomic mass is 16.5. The second-order valence-corrected chi connectivity index (χ2v) is 6.12. The number of β-amino-alcohol motifs (C(OH)–C–C–N with tert-alkyl or cyclic N) is 1. The molecule has 4 heteroatoms. The molecule has 2 aliphatic rings. The van der Waals surface area contributed by atoms with Crippen molar-refractivity contribution in [1.82, 2.24) is 9.80 Å². The SMILES string of the molecule is CC(C)(O)CN1CCC(CN2CCOCC2)C1. The lowest BCUT2D eigenvalue weighted by Gasteiger charge is -2.29. The van der Waals surface area contributed by atoms with E-state index in [2.05, 4.69) is 9.80 Å². The van der Waals surface area contributed by atoms with Crippen LogP contribution in [0, 0.1) is 5.92 Å². The zero-order valence-electron chi connectivity index (χ0n) is 11.2. The third-order valence-corrected chi connectivity index (χ3v) is 3.60. The number of likely N-dealkylation sites (tertiary alicyclic amines) is 1. The lowest BCUT2D eigenvalue weighted by atomic mass is 10.1. The van der Waals surface area contributed by atoms with Gasteiger partial charge < -0.3 is 14.7 Å². The molecule has 100 valence electrons. The van der Waals surface area contributed by atoms with Crippen molar-refractivity contribution in [2.45, 2.75) is 25.9 Å². The molecule has 0 saturated carbocycles. The van der Waals surface area contributed by atoms with Gasteiger partial charge in [0, 0.05) is 32.7 Å². The summed E-state index contributed by atoms with van der Waals surface area (Å²) in [6.45, 7) is 12.0. The van der Waals surface area contributed by atoms with Gasteiger partial charge in [-0.05, 0) is 32.7 Å². The summed E-state index contributed by atoms with van der Waals surface area (Å²) in [4.78, 5) is 4.91. The summed E-state index contributed by atoms with van der Waals surface area (Å²) < 4.78 is 5.37. The van der Waals surface area contributed by atoms with E-state index >= 15 is 0 Å². The van der Waals surface area contributed by atoms with Gasteiger partial charge in [-0.15, -0.1) is 0 Å². The molecule has 0 bridgehead atoms. The van der Waals surface area contributed by atoms with Gasteiger partial charge in [0.2, 0.25) is 0 Å². The molecule has 1 unspecified atom stereocenters. The third-order valence-electron chi connectivity index (χ3n) is 3.60. The van der Waals surface area contributed by atoms with Crippen molar-refractivity contribution in [1.29, 1.82) is 0 Å². The molecule has 0 spiro atoms. The van der Waals surface area contributed by atoms with Crippen molar-refractivity contribution >= 4 is 0 Å². The first kappa shape index (κ1) is 13.3. The molecule has 2 fully saturated rings. The van der Waals surface area contributed by atoms with E-state index in [1.165, 1.54) is 13.0 Å². The van der Waals surface area contributed by atoms with E-state index in [0.717, 1.165) is 51.9 Å². The molecular weight excluding hydrogens is 216 g/mol. The predicted octanol–water partition coefficient (Wildman–Crippen LogP) is 0.411. The smallest absolute Gasteiger partial charge is 0.0718 e. The van der Waals surface area contributed by atoms with Crippen LogP contribution in [0.3, 0.4) is 0 Å². The Hall–Kier alpha value is -0.160. The van der Waals surface area contributed by atoms with Gasteiger partial charge in [0.05, 0.1) is 18.8 Å². The summed E-state index contributed by atoms with van der Waals surface area (Å²) in [5, 5.41) is 9.82.